The Morgan fingerprint density at radius 1 is 1.10 bits per heavy atom. The van der Waals surface area contributed by atoms with Crippen LogP contribution >= 0.6 is 11.6 Å². The third-order valence-corrected chi connectivity index (χ3v) is 5.51. The third-order valence-electron chi connectivity index (χ3n) is 5.27. The molecule has 30 heavy (non-hydrogen) atoms. The Hall–Kier alpha value is -2.70. The van der Waals surface area contributed by atoms with Crippen LogP contribution in [0.3, 0.4) is 0 Å². The highest BCUT2D eigenvalue weighted by Crippen LogP contribution is 2.19. The van der Waals surface area contributed by atoms with E-state index in [1.165, 1.54) is 0 Å². The minimum atomic E-state index is -0.200. The van der Waals surface area contributed by atoms with Gasteiger partial charge >= 0.3 is 0 Å². The van der Waals surface area contributed by atoms with Gasteiger partial charge in [-0.2, -0.15) is 0 Å². The van der Waals surface area contributed by atoms with Gasteiger partial charge in [0.15, 0.2) is 0 Å². The smallest absolute Gasteiger partial charge is 0.223 e. The van der Waals surface area contributed by atoms with Gasteiger partial charge in [-0.1, -0.05) is 59.3 Å². The molecule has 1 aliphatic heterocycles. The van der Waals surface area contributed by atoms with Gasteiger partial charge in [-0.05, 0) is 42.5 Å². The molecule has 1 amide bonds. The van der Waals surface area contributed by atoms with Gasteiger partial charge in [-0.15, -0.1) is 5.10 Å². The largest absolute Gasteiger partial charge is 0.373 e. The van der Waals surface area contributed by atoms with Gasteiger partial charge in [0.2, 0.25) is 5.91 Å². The van der Waals surface area contributed by atoms with Crippen molar-refractivity contribution < 1.29 is 9.53 Å². The van der Waals surface area contributed by atoms with Gasteiger partial charge < -0.3 is 10.1 Å². The highest BCUT2D eigenvalue weighted by Gasteiger charge is 2.23. The fourth-order valence-corrected chi connectivity index (χ4v) is 3.96. The Bertz CT molecular complexity index is 976. The fraction of sp³-hybridized carbons (Fsp3) is 0.348. The molecule has 3 aromatic rings. The number of nitrogens with one attached hydrogen (secondary N) is 1. The van der Waals surface area contributed by atoms with Crippen LogP contribution in [0.4, 0.5) is 0 Å². The number of hydrogen-bond donors (Lipinski definition) is 1. The van der Waals surface area contributed by atoms with Crippen LogP contribution in [0.5, 0.6) is 0 Å². The molecule has 1 N–H and O–H groups in total. The van der Waals surface area contributed by atoms with Crippen LogP contribution in [0.15, 0.2) is 60.8 Å². The third kappa shape index (κ3) is 5.68. The van der Waals surface area contributed by atoms with Crippen LogP contribution in [0.25, 0.3) is 0 Å². The molecule has 7 heteroatoms. The minimum absolute atomic E-state index is 0.0282. The average molecular weight is 425 g/mol. The second kappa shape index (κ2) is 9.87. The van der Waals surface area contributed by atoms with E-state index in [9.17, 15) is 4.79 Å². The summed E-state index contributed by atoms with van der Waals surface area (Å²) in [7, 11) is 0. The maximum atomic E-state index is 13.2. The molecule has 4 rings (SSSR count). The van der Waals surface area contributed by atoms with Crippen molar-refractivity contribution >= 4 is 17.5 Å². The second-order valence-corrected chi connectivity index (χ2v) is 8.14. The van der Waals surface area contributed by atoms with Crippen molar-refractivity contribution in [2.24, 2.45) is 5.92 Å². The molecule has 0 radical (unpaired) electrons. The lowest BCUT2D eigenvalue weighted by molar-refractivity contribution is -0.126. The summed E-state index contributed by atoms with van der Waals surface area (Å²) in [5, 5.41) is 12.2. The van der Waals surface area contributed by atoms with Crippen molar-refractivity contribution in [2.45, 2.75) is 38.5 Å². The number of aryl methyl sites for hydroxylation is 1. The molecule has 6 nitrogen and oxygen atoms in total. The summed E-state index contributed by atoms with van der Waals surface area (Å²) in [5.74, 6) is -0.172. The number of amides is 1. The summed E-state index contributed by atoms with van der Waals surface area (Å²) >= 11 is 6.15. The van der Waals surface area contributed by atoms with E-state index in [1.54, 1.807) is 4.68 Å². The van der Waals surface area contributed by atoms with E-state index >= 15 is 0 Å². The van der Waals surface area contributed by atoms with Crippen LogP contribution < -0.4 is 5.32 Å². The molecule has 2 atom stereocenters. The maximum Gasteiger partial charge on any atom is 0.223 e. The van der Waals surface area contributed by atoms with Crippen molar-refractivity contribution in [3.63, 3.8) is 0 Å². The molecule has 0 fully saturated rings. The lowest BCUT2D eigenvalue weighted by Crippen LogP contribution is -2.43. The van der Waals surface area contributed by atoms with E-state index in [4.69, 9.17) is 16.3 Å². The number of nitrogens with zero attached hydrogens (tertiary/aromatic N) is 3. The van der Waals surface area contributed by atoms with Crippen molar-refractivity contribution in [3.8, 4) is 0 Å². The van der Waals surface area contributed by atoms with Gasteiger partial charge in [-0.3, -0.25) is 9.48 Å². The Morgan fingerprint density at radius 3 is 2.77 bits per heavy atom. The summed E-state index contributed by atoms with van der Waals surface area (Å²) < 4.78 is 7.64. The molecule has 1 aliphatic rings. The van der Waals surface area contributed by atoms with Crippen LogP contribution in [-0.2, 0) is 35.5 Å². The number of halogens is 1. The molecule has 2 heterocycles. The second-order valence-electron chi connectivity index (χ2n) is 7.70. The summed E-state index contributed by atoms with van der Waals surface area (Å²) in [5.41, 5.74) is 3.01. The predicted octanol–water partition coefficient (Wildman–Crippen LogP) is 3.44. The zero-order valence-corrected chi connectivity index (χ0v) is 17.5. The Balaban J connectivity index is 1.54. The fourth-order valence-electron chi connectivity index (χ4n) is 3.75. The zero-order valence-electron chi connectivity index (χ0n) is 16.7. The normalized spacial score (nSPS) is 20.1. The number of carbonyl (C=O) groups excluding carboxylic acids is 1. The topological polar surface area (TPSA) is 69.0 Å². The standard InChI is InChI=1S/C23H25ClN4O2/c24-20-8-4-7-18(12-20)11-19-9-10-28-14-22(26-27-28)16-30-15-21(25-23(19)29)13-17-5-2-1-3-6-17/h1-8,12,14,19,21H,9-11,13,15-16H2,(H,25,29)/t19-,21+/m1/s1. The molecule has 2 aromatic carbocycles. The van der Waals surface area contributed by atoms with Crippen LogP contribution in [0, 0.1) is 5.92 Å². The number of benzene rings is 2. The quantitative estimate of drug-likeness (QED) is 0.696. The van der Waals surface area contributed by atoms with Crippen molar-refractivity contribution in [1.82, 2.24) is 20.3 Å². The number of hydrogen-bond acceptors (Lipinski definition) is 4. The van der Waals surface area contributed by atoms with Gasteiger partial charge in [0.25, 0.3) is 0 Å². The summed E-state index contributed by atoms with van der Waals surface area (Å²) in [6, 6.07) is 17.7. The highest BCUT2D eigenvalue weighted by atomic mass is 35.5. The van der Waals surface area contributed by atoms with Crippen LogP contribution in [0.2, 0.25) is 5.02 Å². The maximum absolute atomic E-state index is 13.2. The van der Waals surface area contributed by atoms with E-state index in [2.05, 4.69) is 27.8 Å². The van der Waals surface area contributed by atoms with E-state index in [0.717, 1.165) is 16.8 Å². The Kier molecular flexibility index (Phi) is 6.77. The first kappa shape index (κ1) is 20.6. The number of aromatic nitrogens is 3. The lowest BCUT2D eigenvalue weighted by Gasteiger charge is -2.23. The Morgan fingerprint density at radius 2 is 1.93 bits per heavy atom. The molecule has 0 aliphatic carbocycles. The van der Waals surface area contributed by atoms with Gasteiger partial charge in [0.05, 0.1) is 25.5 Å². The molecule has 1 aromatic heterocycles. The Labute approximate surface area is 181 Å². The molecule has 0 unspecified atom stereocenters. The molecule has 156 valence electrons. The molecular weight excluding hydrogens is 400 g/mol. The molecule has 0 spiro atoms. The monoisotopic (exact) mass is 424 g/mol. The first-order valence-corrected chi connectivity index (χ1v) is 10.6. The average Bonchev–Trinajstić information content (AvgIpc) is 3.19. The molecular formula is C23H25ClN4O2. The highest BCUT2D eigenvalue weighted by molar-refractivity contribution is 6.30. The zero-order chi connectivity index (χ0) is 20.8. The summed E-state index contributed by atoms with van der Waals surface area (Å²) in [4.78, 5) is 13.2. The van der Waals surface area contributed by atoms with Crippen molar-refractivity contribution in [3.05, 3.63) is 82.6 Å². The van der Waals surface area contributed by atoms with Gasteiger partial charge in [0, 0.05) is 17.5 Å². The predicted molar refractivity (Wildman–Crippen MR) is 115 cm³/mol. The van der Waals surface area contributed by atoms with Crippen LogP contribution in [0.1, 0.15) is 23.2 Å². The molecule has 0 saturated carbocycles. The number of carbonyl (C=O) groups is 1. The van der Waals surface area contributed by atoms with Crippen LogP contribution in [-0.4, -0.2) is 33.5 Å². The lowest BCUT2D eigenvalue weighted by atomic mass is 9.94. The van der Waals surface area contributed by atoms with Gasteiger partial charge in [-0.25, -0.2) is 0 Å². The van der Waals surface area contributed by atoms with Gasteiger partial charge in [0.1, 0.15) is 5.69 Å². The summed E-state index contributed by atoms with van der Waals surface area (Å²) in [6.07, 6.45) is 3.89. The van der Waals surface area contributed by atoms with E-state index in [-0.39, 0.29) is 17.9 Å². The van der Waals surface area contributed by atoms with E-state index < -0.39 is 0 Å². The number of fused-ring (bicyclic) bond motifs is 2. The minimum Gasteiger partial charge on any atom is -0.373 e. The SMILES string of the molecule is O=C1N[C@@H](Cc2ccccc2)COCc2cn(nn2)CC[C@@H]1Cc1cccc(Cl)c1. The van der Waals surface area contributed by atoms with Crippen molar-refractivity contribution in [2.75, 3.05) is 6.61 Å². The number of rotatable bonds is 4. The van der Waals surface area contributed by atoms with E-state index in [1.807, 2.05) is 48.7 Å². The first-order chi connectivity index (χ1) is 14.7. The van der Waals surface area contributed by atoms with E-state index in [0.29, 0.717) is 44.0 Å². The first-order valence-electron chi connectivity index (χ1n) is 10.2. The molecule has 0 saturated heterocycles. The number of ether oxygens (including phenoxy) is 1. The van der Waals surface area contributed by atoms with Crippen molar-refractivity contribution in [1.29, 1.82) is 0 Å². The summed E-state index contributed by atoms with van der Waals surface area (Å²) in [6.45, 7) is 1.42. The molecule has 2 bridgehead atoms.